The van der Waals surface area contributed by atoms with Crippen LogP contribution in [0.25, 0.3) is 0 Å². The molecule has 1 heteroatoms. The van der Waals surface area contributed by atoms with Gasteiger partial charge in [0.25, 0.3) is 0 Å². The zero-order valence-corrected chi connectivity index (χ0v) is 9.55. The van der Waals surface area contributed by atoms with Crippen LogP contribution in [0.1, 0.15) is 52.9 Å². The van der Waals surface area contributed by atoms with E-state index in [1.165, 1.54) is 45.2 Å². The van der Waals surface area contributed by atoms with Gasteiger partial charge in [-0.05, 0) is 31.7 Å². The van der Waals surface area contributed by atoms with Gasteiger partial charge in [0.15, 0.2) is 0 Å². The second-order valence-corrected chi connectivity index (χ2v) is 4.57. The highest BCUT2D eigenvalue weighted by Gasteiger charge is 2.23. The summed E-state index contributed by atoms with van der Waals surface area (Å²) in [6, 6.07) is 0.904. The van der Waals surface area contributed by atoms with Gasteiger partial charge in [-0.3, -0.25) is 0 Å². The van der Waals surface area contributed by atoms with E-state index in [4.69, 9.17) is 0 Å². The third kappa shape index (κ3) is 3.30. The molecule has 2 atom stereocenters. The van der Waals surface area contributed by atoms with Crippen LogP contribution in [0.2, 0.25) is 0 Å². The molecule has 1 heterocycles. The van der Waals surface area contributed by atoms with Crippen molar-refractivity contribution in [3.63, 3.8) is 0 Å². The Bertz CT molecular complexity index is 131. The van der Waals surface area contributed by atoms with Crippen molar-refractivity contribution < 1.29 is 0 Å². The van der Waals surface area contributed by atoms with Crippen LogP contribution in [0.4, 0.5) is 0 Å². The van der Waals surface area contributed by atoms with Crippen molar-refractivity contribution in [3.8, 4) is 0 Å². The fourth-order valence-corrected chi connectivity index (χ4v) is 2.45. The van der Waals surface area contributed by atoms with Crippen LogP contribution < -0.4 is 0 Å². The molecule has 78 valence electrons. The number of unbranched alkanes of at least 4 members (excludes halogenated alkanes) is 1. The molecule has 13 heavy (non-hydrogen) atoms. The minimum atomic E-state index is 0.904. The Hall–Kier alpha value is -0.0400. The van der Waals surface area contributed by atoms with Crippen molar-refractivity contribution in [1.82, 2.24) is 4.90 Å². The van der Waals surface area contributed by atoms with Gasteiger partial charge >= 0.3 is 0 Å². The highest BCUT2D eigenvalue weighted by molar-refractivity contribution is 4.78. The van der Waals surface area contributed by atoms with Crippen molar-refractivity contribution in [2.24, 2.45) is 5.92 Å². The molecule has 0 aromatic heterocycles. The van der Waals surface area contributed by atoms with Crippen LogP contribution in [0.5, 0.6) is 0 Å². The van der Waals surface area contributed by atoms with Gasteiger partial charge in [0.2, 0.25) is 0 Å². The van der Waals surface area contributed by atoms with Crippen molar-refractivity contribution >= 4 is 0 Å². The lowest BCUT2D eigenvalue weighted by Crippen LogP contribution is -2.42. The quantitative estimate of drug-likeness (QED) is 0.646. The molecule has 0 bridgehead atoms. The number of hydrogen-bond donors (Lipinski definition) is 0. The topological polar surface area (TPSA) is 3.24 Å². The summed E-state index contributed by atoms with van der Waals surface area (Å²) >= 11 is 0. The third-order valence-corrected chi connectivity index (χ3v) is 3.35. The highest BCUT2D eigenvalue weighted by Crippen LogP contribution is 2.24. The zero-order valence-electron chi connectivity index (χ0n) is 9.55. The Labute approximate surface area is 83.5 Å². The molecule has 0 radical (unpaired) electrons. The van der Waals surface area contributed by atoms with Gasteiger partial charge in [0, 0.05) is 12.6 Å². The second-order valence-electron chi connectivity index (χ2n) is 4.57. The number of piperidine rings is 1. The van der Waals surface area contributed by atoms with E-state index in [1.54, 1.807) is 0 Å². The third-order valence-electron chi connectivity index (χ3n) is 3.35. The normalized spacial score (nSPS) is 30.7. The first-order chi connectivity index (χ1) is 6.27. The van der Waals surface area contributed by atoms with Gasteiger partial charge in [0.1, 0.15) is 0 Å². The van der Waals surface area contributed by atoms with E-state index in [0.29, 0.717) is 0 Å². The van der Waals surface area contributed by atoms with E-state index >= 15 is 0 Å². The Kier molecular flexibility index (Phi) is 4.79. The van der Waals surface area contributed by atoms with Gasteiger partial charge in [-0.15, -0.1) is 0 Å². The summed E-state index contributed by atoms with van der Waals surface area (Å²) in [4.78, 5) is 2.68. The summed E-state index contributed by atoms with van der Waals surface area (Å²) in [6.45, 7) is 9.57. The highest BCUT2D eigenvalue weighted by atomic mass is 15.2. The number of likely N-dealkylation sites (tertiary alicyclic amines) is 1. The number of rotatable bonds is 4. The van der Waals surface area contributed by atoms with Crippen LogP contribution in [0.3, 0.4) is 0 Å². The van der Waals surface area contributed by atoms with Crippen molar-refractivity contribution in [3.05, 3.63) is 0 Å². The van der Waals surface area contributed by atoms with Crippen molar-refractivity contribution in [2.45, 2.75) is 58.9 Å². The molecule has 1 nitrogen and oxygen atoms in total. The molecule has 1 rings (SSSR count). The van der Waals surface area contributed by atoms with E-state index in [1.807, 2.05) is 0 Å². The minimum Gasteiger partial charge on any atom is -0.300 e. The first-order valence-corrected chi connectivity index (χ1v) is 6.02. The molecule has 1 aliphatic rings. The van der Waals surface area contributed by atoms with Gasteiger partial charge in [-0.1, -0.05) is 33.6 Å². The van der Waals surface area contributed by atoms with Crippen LogP contribution >= 0.6 is 0 Å². The summed E-state index contributed by atoms with van der Waals surface area (Å²) in [6.07, 6.45) is 7.08. The summed E-state index contributed by atoms with van der Waals surface area (Å²) in [5, 5.41) is 0. The predicted molar refractivity (Wildman–Crippen MR) is 59.0 cm³/mol. The Morgan fingerprint density at radius 3 is 2.62 bits per heavy atom. The lowest BCUT2D eigenvalue weighted by atomic mass is 9.91. The molecule has 0 N–H and O–H groups in total. The molecule has 0 aliphatic carbocycles. The maximum absolute atomic E-state index is 2.68. The molecule has 1 aliphatic heterocycles. The summed E-state index contributed by atoms with van der Waals surface area (Å²) in [5.41, 5.74) is 0. The molecular weight excluding hydrogens is 158 g/mol. The van der Waals surface area contributed by atoms with Crippen molar-refractivity contribution in [1.29, 1.82) is 0 Å². The first-order valence-electron chi connectivity index (χ1n) is 6.02. The average molecular weight is 183 g/mol. The van der Waals surface area contributed by atoms with Crippen LogP contribution in [-0.4, -0.2) is 24.0 Å². The van der Waals surface area contributed by atoms with E-state index < -0.39 is 0 Å². The fourth-order valence-electron chi connectivity index (χ4n) is 2.45. The largest absolute Gasteiger partial charge is 0.300 e. The lowest BCUT2D eigenvalue weighted by Gasteiger charge is -2.38. The van der Waals surface area contributed by atoms with E-state index in [2.05, 4.69) is 25.7 Å². The lowest BCUT2D eigenvalue weighted by molar-refractivity contribution is 0.112. The van der Waals surface area contributed by atoms with E-state index in [9.17, 15) is 0 Å². The molecule has 0 amide bonds. The molecule has 0 spiro atoms. The number of nitrogens with zero attached hydrogens (tertiary/aromatic N) is 1. The molecule has 2 unspecified atom stereocenters. The monoisotopic (exact) mass is 183 g/mol. The maximum atomic E-state index is 2.68. The zero-order chi connectivity index (χ0) is 9.68. The Balaban J connectivity index is 2.33. The minimum absolute atomic E-state index is 0.904. The van der Waals surface area contributed by atoms with Crippen LogP contribution in [0, 0.1) is 5.92 Å². The smallest absolute Gasteiger partial charge is 0.00953 e. The SMILES string of the molecule is CCCCC1CCC(C)CN1CC. The molecular formula is C12H25N. The maximum Gasteiger partial charge on any atom is 0.00953 e. The van der Waals surface area contributed by atoms with Gasteiger partial charge in [0.05, 0.1) is 0 Å². The molecule has 0 aromatic rings. The molecule has 0 saturated carbocycles. The fraction of sp³-hybridized carbons (Fsp3) is 1.00. The summed E-state index contributed by atoms with van der Waals surface area (Å²) < 4.78 is 0. The van der Waals surface area contributed by atoms with E-state index in [0.717, 1.165) is 12.0 Å². The summed E-state index contributed by atoms with van der Waals surface area (Å²) in [7, 11) is 0. The average Bonchev–Trinajstić information content (AvgIpc) is 2.16. The predicted octanol–water partition coefficient (Wildman–Crippen LogP) is 3.30. The van der Waals surface area contributed by atoms with Gasteiger partial charge in [-0.2, -0.15) is 0 Å². The number of hydrogen-bond acceptors (Lipinski definition) is 1. The Morgan fingerprint density at radius 1 is 1.23 bits per heavy atom. The van der Waals surface area contributed by atoms with Crippen LogP contribution in [-0.2, 0) is 0 Å². The van der Waals surface area contributed by atoms with Crippen LogP contribution in [0.15, 0.2) is 0 Å². The summed E-state index contributed by atoms with van der Waals surface area (Å²) in [5.74, 6) is 0.929. The second kappa shape index (κ2) is 5.64. The van der Waals surface area contributed by atoms with Gasteiger partial charge in [-0.25, -0.2) is 0 Å². The van der Waals surface area contributed by atoms with Crippen molar-refractivity contribution in [2.75, 3.05) is 13.1 Å². The Morgan fingerprint density at radius 2 is 2.00 bits per heavy atom. The molecule has 0 aromatic carbocycles. The molecule has 1 saturated heterocycles. The van der Waals surface area contributed by atoms with Gasteiger partial charge < -0.3 is 4.90 Å². The first kappa shape index (κ1) is 11.0. The molecule has 1 fully saturated rings. The van der Waals surface area contributed by atoms with E-state index in [-0.39, 0.29) is 0 Å². The standard InChI is InChI=1S/C12H25N/c1-4-6-7-12-9-8-11(3)10-13(12)5-2/h11-12H,4-10H2,1-3H3.